The summed E-state index contributed by atoms with van der Waals surface area (Å²) >= 11 is 0. The Morgan fingerprint density at radius 1 is 1.17 bits per heavy atom. The molecular formula is C17H21N5O. The molecule has 2 heterocycles. The number of nitrogens with zero attached hydrogens (tertiary/aromatic N) is 3. The molecule has 1 aliphatic heterocycles. The summed E-state index contributed by atoms with van der Waals surface area (Å²) in [5, 5.41) is 5.80. The predicted molar refractivity (Wildman–Crippen MR) is 90.4 cm³/mol. The van der Waals surface area contributed by atoms with E-state index in [0.29, 0.717) is 12.5 Å². The van der Waals surface area contributed by atoms with Gasteiger partial charge in [0.2, 0.25) is 0 Å². The third-order valence-electron chi connectivity index (χ3n) is 4.07. The van der Waals surface area contributed by atoms with Crippen LogP contribution in [-0.2, 0) is 0 Å². The van der Waals surface area contributed by atoms with Crippen LogP contribution in [0.3, 0.4) is 0 Å². The van der Waals surface area contributed by atoms with Gasteiger partial charge in [0, 0.05) is 37.7 Å². The molecule has 120 valence electrons. The van der Waals surface area contributed by atoms with Gasteiger partial charge < -0.3 is 15.5 Å². The highest BCUT2D eigenvalue weighted by Gasteiger charge is 2.20. The number of hydrogen-bond donors (Lipinski definition) is 2. The molecule has 0 saturated carbocycles. The number of para-hydroxylation sites is 1. The van der Waals surface area contributed by atoms with Crippen LogP contribution >= 0.6 is 0 Å². The first kappa shape index (κ1) is 15.3. The normalized spacial score (nSPS) is 15.2. The average molecular weight is 311 g/mol. The average Bonchev–Trinajstić information content (AvgIpc) is 2.62. The number of piperidine rings is 1. The number of rotatable bonds is 4. The first-order valence-corrected chi connectivity index (χ1v) is 7.92. The molecule has 2 aromatic rings. The molecule has 2 N–H and O–H groups in total. The van der Waals surface area contributed by atoms with Gasteiger partial charge in [-0.25, -0.2) is 9.78 Å². The lowest BCUT2D eigenvalue weighted by molar-refractivity contribution is 0.248. The zero-order valence-electron chi connectivity index (χ0n) is 13.0. The SMILES string of the molecule is O=C(NCC1CCN(c2cnccn2)CC1)Nc1ccccc1. The van der Waals surface area contributed by atoms with E-state index in [1.165, 1.54) is 0 Å². The molecule has 6 heteroatoms. The van der Waals surface area contributed by atoms with Gasteiger partial charge in [-0.15, -0.1) is 0 Å². The quantitative estimate of drug-likeness (QED) is 0.910. The molecule has 1 aromatic carbocycles. The Kier molecular flexibility index (Phi) is 5.03. The monoisotopic (exact) mass is 311 g/mol. The molecule has 1 fully saturated rings. The zero-order valence-corrected chi connectivity index (χ0v) is 13.0. The van der Waals surface area contributed by atoms with Crippen molar-refractivity contribution >= 4 is 17.5 Å². The van der Waals surface area contributed by atoms with E-state index in [-0.39, 0.29) is 6.03 Å². The number of carbonyl (C=O) groups excluding carboxylic acids is 1. The lowest BCUT2D eigenvalue weighted by Crippen LogP contribution is -2.40. The maximum absolute atomic E-state index is 11.9. The lowest BCUT2D eigenvalue weighted by Gasteiger charge is -2.32. The Morgan fingerprint density at radius 2 is 1.96 bits per heavy atom. The smallest absolute Gasteiger partial charge is 0.319 e. The fraction of sp³-hybridized carbons (Fsp3) is 0.353. The van der Waals surface area contributed by atoms with Crippen LogP contribution in [0.25, 0.3) is 0 Å². The number of urea groups is 1. The summed E-state index contributed by atoms with van der Waals surface area (Å²) in [6.07, 6.45) is 7.29. The van der Waals surface area contributed by atoms with E-state index in [4.69, 9.17) is 0 Å². The number of nitrogens with one attached hydrogen (secondary N) is 2. The highest BCUT2D eigenvalue weighted by atomic mass is 16.2. The number of aromatic nitrogens is 2. The second-order valence-electron chi connectivity index (χ2n) is 5.70. The first-order valence-electron chi connectivity index (χ1n) is 7.92. The van der Waals surface area contributed by atoms with Gasteiger partial charge in [-0.05, 0) is 30.9 Å². The molecule has 1 aromatic heterocycles. The van der Waals surface area contributed by atoms with Gasteiger partial charge in [0.05, 0.1) is 6.20 Å². The van der Waals surface area contributed by atoms with Gasteiger partial charge in [-0.2, -0.15) is 0 Å². The van der Waals surface area contributed by atoms with Crippen LogP contribution in [-0.4, -0.2) is 35.6 Å². The van der Waals surface area contributed by atoms with Crippen molar-refractivity contribution in [2.24, 2.45) is 5.92 Å². The van der Waals surface area contributed by atoms with Crippen molar-refractivity contribution in [1.82, 2.24) is 15.3 Å². The second kappa shape index (κ2) is 7.58. The van der Waals surface area contributed by atoms with Crippen LogP contribution < -0.4 is 15.5 Å². The number of anilines is 2. The van der Waals surface area contributed by atoms with E-state index in [2.05, 4.69) is 25.5 Å². The van der Waals surface area contributed by atoms with E-state index >= 15 is 0 Å². The molecule has 3 rings (SSSR count). The molecule has 6 nitrogen and oxygen atoms in total. The molecule has 23 heavy (non-hydrogen) atoms. The van der Waals surface area contributed by atoms with E-state index in [1.54, 1.807) is 18.6 Å². The fourth-order valence-corrected chi connectivity index (χ4v) is 2.75. The molecular weight excluding hydrogens is 290 g/mol. The van der Waals surface area contributed by atoms with Gasteiger partial charge in [0.1, 0.15) is 5.82 Å². The predicted octanol–water partition coefficient (Wildman–Crippen LogP) is 2.51. The molecule has 0 spiro atoms. The van der Waals surface area contributed by atoms with Gasteiger partial charge in [0.15, 0.2) is 0 Å². The molecule has 1 aliphatic rings. The Balaban J connectivity index is 1.40. The molecule has 0 bridgehead atoms. The number of benzene rings is 1. The minimum atomic E-state index is -0.146. The van der Waals surface area contributed by atoms with Crippen molar-refractivity contribution in [2.45, 2.75) is 12.8 Å². The number of hydrogen-bond acceptors (Lipinski definition) is 4. The van der Waals surface area contributed by atoms with Crippen molar-refractivity contribution < 1.29 is 4.79 Å². The van der Waals surface area contributed by atoms with Gasteiger partial charge >= 0.3 is 6.03 Å². The highest BCUT2D eigenvalue weighted by Crippen LogP contribution is 2.20. The minimum Gasteiger partial charge on any atom is -0.355 e. The Hall–Kier alpha value is -2.63. The molecule has 1 saturated heterocycles. The molecule has 0 radical (unpaired) electrons. The minimum absolute atomic E-state index is 0.146. The summed E-state index contributed by atoms with van der Waals surface area (Å²) in [4.78, 5) is 22.6. The Bertz CT molecular complexity index is 611. The van der Waals surface area contributed by atoms with Crippen molar-refractivity contribution in [3.63, 3.8) is 0 Å². The third kappa shape index (κ3) is 4.42. The summed E-state index contributed by atoms with van der Waals surface area (Å²) in [5.41, 5.74) is 0.808. The van der Waals surface area contributed by atoms with Gasteiger partial charge in [-0.1, -0.05) is 18.2 Å². The number of carbonyl (C=O) groups is 1. The molecule has 0 atom stereocenters. The van der Waals surface area contributed by atoms with Crippen molar-refractivity contribution in [3.05, 3.63) is 48.9 Å². The topological polar surface area (TPSA) is 70.2 Å². The molecule has 0 aliphatic carbocycles. The van der Waals surface area contributed by atoms with Crippen LogP contribution in [0.15, 0.2) is 48.9 Å². The largest absolute Gasteiger partial charge is 0.355 e. The summed E-state index contributed by atoms with van der Waals surface area (Å²) in [5.74, 6) is 1.44. The standard InChI is InChI=1S/C17H21N5O/c23-17(21-15-4-2-1-3-5-15)20-12-14-6-10-22(11-7-14)16-13-18-8-9-19-16/h1-5,8-9,13-14H,6-7,10-12H2,(H2,20,21,23). The summed E-state index contributed by atoms with van der Waals surface area (Å²) in [7, 11) is 0. The van der Waals surface area contributed by atoms with Crippen LogP contribution in [0.2, 0.25) is 0 Å². The van der Waals surface area contributed by atoms with Crippen LogP contribution in [0.1, 0.15) is 12.8 Å². The van der Waals surface area contributed by atoms with Crippen LogP contribution in [0.5, 0.6) is 0 Å². The van der Waals surface area contributed by atoms with Crippen LogP contribution in [0.4, 0.5) is 16.3 Å². The number of amides is 2. The highest BCUT2D eigenvalue weighted by molar-refractivity contribution is 5.89. The van der Waals surface area contributed by atoms with Crippen molar-refractivity contribution in [3.8, 4) is 0 Å². The van der Waals surface area contributed by atoms with E-state index in [0.717, 1.165) is 37.4 Å². The van der Waals surface area contributed by atoms with Gasteiger partial charge in [0.25, 0.3) is 0 Å². The van der Waals surface area contributed by atoms with Crippen molar-refractivity contribution in [1.29, 1.82) is 0 Å². The Morgan fingerprint density at radius 3 is 2.65 bits per heavy atom. The summed E-state index contributed by atoms with van der Waals surface area (Å²) in [6.45, 7) is 2.60. The summed E-state index contributed by atoms with van der Waals surface area (Å²) < 4.78 is 0. The third-order valence-corrected chi connectivity index (χ3v) is 4.07. The Labute approximate surface area is 135 Å². The maximum Gasteiger partial charge on any atom is 0.319 e. The lowest BCUT2D eigenvalue weighted by atomic mass is 9.97. The maximum atomic E-state index is 11.9. The molecule has 2 amide bonds. The zero-order chi connectivity index (χ0) is 15.9. The second-order valence-corrected chi connectivity index (χ2v) is 5.70. The fourth-order valence-electron chi connectivity index (χ4n) is 2.75. The molecule has 0 unspecified atom stereocenters. The van der Waals surface area contributed by atoms with Crippen molar-refractivity contribution in [2.75, 3.05) is 29.9 Å². The van der Waals surface area contributed by atoms with E-state index < -0.39 is 0 Å². The summed E-state index contributed by atoms with van der Waals surface area (Å²) in [6, 6.07) is 9.33. The van der Waals surface area contributed by atoms with Crippen LogP contribution in [0, 0.1) is 5.92 Å². The van der Waals surface area contributed by atoms with E-state index in [9.17, 15) is 4.79 Å². The first-order chi connectivity index (χ1) is 11.3. The van der Waals surface area contributed by atoms with E-state index in [1.807, 2.05) is 30.3 Å². The van der Waals surface area contributed by atoms with Gasteiger partial charge in [-0.3, -0.25) is 4.98 Å².